The Labute approximate surface area is 119 Å². The molecular formula is C13H13BrN2O3. The first kappa shape index (κ1) is 13.6. The molecule has 19 heavy (non-hydrogen) atoms. The summed E-state index contributed by atoms with van der Waals surface area (Å²) in [5.41, 5.74) is 0.961. The van der Waals surface area contributed by atoms with E-state index in [-0.39, 0.29) is 17.4 Å². The number of phenolic OH excluding ortho intramolecular Hbond substituents is 1. The number of rotatable bonds is 3. The lowest BCUT2D eigenvalue weighted by atomic mass is 10.2. The van der Waals surface area contributed by atoms with Gasteiger partial charge in [-0.25, -0.2) is 4.79 Å². The SMILES string of the molecule is CCCN1C(=O)N/C(=C/c2ccc(O)c(Br)c2)C1=O. The molecule has 2 rings (SSSR count). The number of carbonyl (C=O) groups excluding carboxylic acids is 2. The van der Waals surface area contributed by atoms with Crippen LogP contribution in [0.2, 0.25) is 0 Å². The van der Waals surface area contributed by atoms with Crippen LogP contribution in [0, 0.1) is 0 Å². The number of nitrogens with zero attached hydrogens (tertiary/aromatic N) is 1. The zero-order valence-corrected chi connectivity index (χ0v) is 11.9. The van der Waals surface area contributed by atoms with E-state index in [1.807, 2.05) is 6.92 Å². The van der Waals surface area contributed by atoms with Crippen LogP contribution in [-0.2, 0) is 4.79 Å². The van der Waals surface area contributed by atoms with Gasteiger partial charge in [0, 0.05) is 6.54 Å². The molecule has 0 atom stereocenters. The summed E-state index contributed by atoms with van der Waals surface area (Å²) in [7, 11) is 0. The molecule has 0 aliphatic carbocycles. The van der Waals surface area contributed by atoms with Gasteiger partial charge in [-0.15, -0.1) is 0 Å². The number of nitrogens with one attached hydrogen (secondary N) is 1. The van der Waals surface area contributed by atoms with Gasteiger partial charge in [0.05, 0.1) is 4.47 Å². The zero-order chi connectivity index (χ0) is 14.0. The summed E-state index contributed by atoms with van der Waals surface area (Å²) in [5.74, 6) is -0.201. The summed E-state index contributed by atoms with van der Waals surface area (Å²) in [4.78, 5) is 24.8. The molecule has 1 aliphatic rings. The number of imide groups is 1. The van der Waals surface area contributed by atoms with Gasteiger partial charge in [-0.2, -0.15) is 0 Å². The van der Waals surface area contributed by atoms with Crippen LogP contribution in [-0.4, -0.2) is 28.5 Å². The lowest BCUT2D eigenvalue weighted by Gasteiger charge is -2.08. The van der Waals surface area contributed by atoms with Gasteiger partial charge in [-0.1, -0.05) is 13.0 Å². The Bertz CT molecular complexity index is 569. The molecule has 1 saturated heterocycles. The van der Waals surface area contributed by atoms with Gasteiger partial charge >= 0.3 is 6.03 Å². The van der Waals surface area contributed by atoms with Crippen molar-refractivity contribution < 1.29 is 14.7 Å². The van der Waals surface area contributed by atoms with E-state index in [4.69, 9.17) is 0 Å². The minimum atomic E-state index is -0.393. The summed E-state index contributed by atoms with van der Waals surface area (Å²) in [6.07, 6.45) is 2.30. The van der Waals surface area contributed by atoms with E-state index < -0.39 is 6.03 Å². The molecule has 6 heteroatoms. The monoisotopic (exact) mass is 324 g/mol. The molecule has 1 aliphatic heterocycles. The summed E-state index contributed by atoms with van der Waals surface area (Å²) in [5, 5.41) is 11.9. The number of urea groups is 1. The molecule has 0 aromatic heterocycles. The number of aromatic hydroxyl groups is 1. The minimum Gasteiger partial charge on any atom is -0.507 e. The smallest absolute Gasteiger partial charge is 0.329 e. The second-order valence-corrected chi connectivity index (χ2v) is 5.01. The van der Waals surface area contributed by atoms with E-state index in [2.05, 4.69) is 21.2 Å². The summed E-state index contributed by atoms with van der Waals surface area (Å²) < 4.78 is 0.532. The van der Waals surface area contributed by atoms with Crippen LogP contribution in [0.5, 0.6) is 5.75 Å². The lowest BCUT2D eigenvalue weighted by Crippen LogP contribution is -2.31. The van der Waals surface area contributed by atoms with Crippen LogP contribution in [0.25, 0.3) is 6.08 Å². The predicted octanol–water partition coefficient (Wildman–Crippen LogP) is 2.46. The molecular weight excluding hydrogens is 312 g/mol. The lowest BCUT2D eigenvalue weighted by molar-refractivity contribution is -0.122. The van der Waals surface area contributed by atoms with Gasteiger partial charge in [-0.3, -0.25) is 9.69 Å². The molecule has 1 aromatic rings. The highest BCUT2D eigenvalue weighted by Crippen LogP contribution is 2.25. The van der Waals surface area contributed by atoms with Crippen molar-refractivity contribution in [2.75, 3.05) is 6.54 Å². The average Bonchev–Trinajstić information content (AvgIpc) is 2.62. The molecule has 0 spiro atoms. The van der Waals surface area contributed by atoms with Gasteiger partial charge in [0.1, 0.15) is 11.4 Å². The molecule has 1 fully saturated rings. The quantitative estimate of drug-likeness (QED) is 0.662. The third-order valence-corrected chi connectivity index (χ3v) is 3.33. The summed E-state index contributed by atoms with van der Waals surface area (Å²) in [6.45, 7) is 2.31. The molecule has 0 bridgehead atoms. The summed E-state index contributed by atoms with van der Waals surface area (Å²) >= 11 is 3.20. The fraction of sp³-hybridized carbons (Fsp3) is 0.231. The normalized spacial score (nSPS) is 17.2. The molecule has 5 nitrogen and oxygen atoms in total. The standard InChI is InChI=1S/C13H13BrN2O3/c1-2-5-16-12(18)10(15-13(16)19)7-8-3-4-11(17)9(14)6-8/h3-4,6-7,17H,2,5H2,1H3,(H,15,19)/b10-7+. The number of halogens is 1. The average molecular weight is 325 g/mol. The molecule has 0 saturated carbocycles. The van der Waals surface area contributed by atoms with Crippen LogP contribution in [0.15, 0.2) is 28.4 Å². The topological polar surface area (TPSA) is 69.6 Å². The van der Waals surface area contributed by atoms with E-state index in [9.17, 15) is 14.7 Å². The maximum atomic E-state index is 12.0. The number of benzene rings is 1. The van der Waals surface area contributed by atoms with E-state index >= 15 is 0 Å². The molecule has 1 aromatic carbocycles. The Morgan fingerprint density at radius 3 is 2.79 bits per heavy atom. The van der Waals surface area contributed by atoms with Crippen molar-refractivity contribution in [1.82, 2.24) is 10.2 Å². The molecule has 0 unspecified atom stereocenters. The van der Waals surface area contributed by atoms with Crippen molar-refractivity contribution in [2.45, 2.75) is 13.3 Å². The van der Waals surface area contributed by atoms with Crippen LogP contribution >= 0.6 is 15.9 Å². The van der Waals surface area contributed by atoms with Crippen LogP contribution < -0.4 is 5.32 Å². The van der Waals surface area contributed by atoms with Crippen molar-refractivity contribution in [3.63, 3.8) is 0 Å². The third kappa shape index (κ3) is 2.78. The third-order valence-electron chi connectivity index (χ3n) is 2.69. The van der Waals surface area contributed by atoms with Crippen molar-refractivity contribution >= 4 is 33.9 Å². The second-order valence-electron chi connectivity index (χ2n) is 4.16. The molecule has 0 radical (unpaired) electrons. The second kappa shape index (κ2) is 5.44. The number of hydrogen-bond donors (Lipinski definition) is 2. The maximum Gasteiger partial charge on any atom is 0.329 e. The van der Waals surface area contributed by atoms with E-state index in [1.54, 1.807) is 18.2 Å². The van der Waals surface area contributed by atoms with Crippen LogP contribution in [0.4, 0.5) is 4.79 Å². The maximum absolute atomic E-state index is 12.0. The highest BCUT2D eigenvalue weighted by molar-refractivity contribution is 9.10. The van der Waals surface area contributed by atoms with E-state index in [1.165, 1.54) is 11.0 Å². The summed E-state index contributed by atoms with van der Waals surface area (Å²) in [6, 6.07) is 4.46. The number of amides is 3. The Kier molecular flexibility index (Phi) is 3.90. The number of phenols is 1. The predicted molar refractivity (Wildman–Crippen MR) is 74.3 cm³/mol. The first-order valence-corrected chi connectivity index (χ1v) is 6.65. The minimum absolute atomic E-state index is 0.122. The highest BCUT2D eigenvalue weighted by atomic mass is 79.9. The fourth-order valence-corrected chi connectivity index (χ4v) is 2.17. The number of hydrogen-bond acceptors (Lipinski definition) is 3. The zero-order valence-electron chi connectivity index (χ0n) is 10.3. The fourth-order valence-electron chi connectivity index (χ4n) is 1.78. The highest BCUT2D eigenvalue weighted by Gasteiger charge is 2.32. The van der Waals surface area contributed by atoms with Crippen molar-refractivity contribution in [3.8, 4) is 5.75 Å². The van der Waals surface area contributed by atoms with Crippen LogP contribution in [0.1, 0.15) is 18.9 Å². The van der Waals surface area contributed by atoms with Crippen molar-refractivity contribution in [1.29, 1.82) is 0 Å². The largest absolute Gasteiger partial charge is 0.507 e. The van der Waals surface area contributed by atoms with Crippen molar-refractivity contribution in [3.05, 3.63) is 33.9 Å². The molecule has 1 heterocycles. The van der Waals surface area contributed by atoms with E-state index in [0.717, 1.165) is 6.42 Å². The van der Waals surface area contributed by atoms with Crippen LogP contribution in [0.3, 0.4) is 0 Å². The van der Waals surface area contributed by atoms with Gasteiger partial charge in [0.15, 0.2) is 0 Å². The van der Waals surface area contributed by atoms with Gasteiger partial charge in [0.25, 0.3) is 5.91 Å². The van der Waals surface area contributed by atoms with Crippen molar-refractivity contribution in [2.24, 2.45) is 0 Å². The first-order valence-electron chi connectivity index (χ1n) is 5.86. The van der Waals surface area contributed by atoms with Gasteiger partial charge in [0.2, 0.25) is 0 Å². The molecule has 3 amide bonds. The Balaban J connectivity index is 2.27. The molecule has 2 N–H and O–H groups in total. The van der Waals surface area contributed by atoms with Gasteiger partial charge in [-0.05, 0) is 46.1 Å². The molecule has 100 valence electrons. The van der Waals surface area contributed by atoms with Gasteiger partial charge < -0.3 is 10.4 Å². The first-order chi connectivity index (χ1) is 9.02. The Morgan fingerprint density at radius 2 is 2.16 bits per heavy atom. The number of carbonyl (C=O) groups is 2. The Morgan fingerprint density at radius 1 is 1.42 bits per heavy atom. The van der Waals surface area contributed by atoms with E-state index in [0.29, 0.717) is 16.6 Å². The Hall–Kier alpha value is -1.82.